The highest BCUT2D eigenvalue weighted by molar-refractivity contribution is 8.18. The standard InChI is InChI=1S/C26H30N2O2S/c1-3-17-30-22-15-13-20(14-16-22)18-24-25(29)28(23-12-8-7-9-19(23)2)26(31-24)27-21-10-5-4-6-11-21/h4-6,10-11,13-16,18-19,23H,3,7-9,12,17H2,1-2H3/b24-18-,27-26?/t19-,23+/m1/s1. The summed E-state index contributed by atoms with van der Waals surface area (Å²) in [6.45, 7) is 5.07. The summed E-state index contributed by atoms with van der Waals surface area (Å²) in [5.41, 5.74) is 1.88. The first-order valence-corrected chi connectivity index (χ1v) is 12.1. The lowest BCUT2D eigenvalue weighted by Gasteiger charge is -2.35. The molecular formula is C26H30N2O2S. The highest BCUT2D eigenvalue weighted by Gasteiger charge is 2.41. The van der Waals surface area contributed by atoms with Gasteiger partial charge in [0.1, 0.15) is 5.75 Å². The summed E-state index contributed by atoms with van der Waals surface area (Å²) in [4.78, 5) is 21.1. The first kappa shape index (κ1) is 21.7. The van der Waals surface area contributed by atoms with Gasteiger partial charge in [-0.25, -0.2) is 4.99 Å². The van der Waals surface area contributed by atoms with Gasteiger partial charge in [-0.1, -0.05) is 57.0 Å². The molecule has 2 aromatic rings. The molecule has 2 aromatic carbocycles. The molecule has 1 saturated carbocycles. The van der Waals surface area contributed by atoms with Crippen molar-refractivity contribution in [1.29, 1.82) is 0 Å². The average molecular weight is 435 g/mol. The fraction of sp³-hybridized carbons (Fsp3) is 0.385. The van der Waals surface area contributed by atoms with E-state index in [0.717, 1.165) is 46.3 Å². The van der Waals surface area contributed by atoms with Crippen LogP contribution in [0, 0.1) is 5.92 Å². The molecule has 0 spiro atoms. The molecule has 0 N–H and O–H groups in total. The second-order valence-corrected chi connectivity index (χ2v) is 9.27. The Balaban J connectivity index is 1.63. The third-order valence-electron chi connectivity index (χ3n) is 5.87. The molecule has 4 nitrogen and oxygen atoms in total. The predicted molar refractivity (Wildman–Crippen MR) is 130 cm³/mol. The maximum absolute atomic E-state index is 13.5. The number of thioether (sulfide) groups is 1. The monoisotopic (exact) mass is 434 g/mol. The van der Waals surface area contributed by atoms with Gasteiger partial charge in [0, 0.05) is 6.04 Å². The Kier molecular flexibility index (Phi) is 7.13. The van der Waals surface area contributed by atoms with Crippen molar-refractivity contribution in [2.24, 2.45) is 10.9 Å². The summed E-state index contributed by atoms with van der Waals surface area (Å²) < 4.78 is 5.67. The molecule has 1 heterocycles. The van der Waals surface area contributed by atoms with E-state index in [-0.39, 0.29) is 11.9 Å². The van der Waals surface area contributed by atoms with Crippen molar-refractivity contribution in [2.45, 2.75) is 52.0 Å². The van der Waals surface area contributed by atoms with Crippen molar-refractivity contribution >= 4 is 34.6 Å². The Hall–Kier alpha value is -2.53. The smallest absolute Gasteiger partial charge is 0.267 e. The third-order valence-corrected chi connectivity index (χ3v) is 6.85. The quantitative estimate of drug-likeness (QED) is 0.478. The van der Waals surface area contributed by atoms with E-state index >= 15 is 0 Å². The van der Waals surface area contributed by atoms with Crippen LogP contribution in [-0.4, -0.2) is 28.6 Å². The van der Waals surface area contributed by atoms with Crippen LogP contribution in [0.5, 0.6) is 5.75 Å². The van der Waals surface area contributed by atoms with Gasteiger partial charge >= 0.3 is 0 Å². The van der Waals surface area contributed by atoms with E-state index in [0.29, 0.717) is 12.5 Å². The first-order valence-electron chi connectivity index (χ1n) is 11.3. The Bertz CT molecular complexity index is 953. The SMILES string of the molecule is CCCOc1ccc(/C=C2\SC(=Nc3ccccc3)N([C@H]3CCCC[C@H]3C)C2=O)cc1. The fourth-order valence-corrected chi connectivity index (χ4v) is 5.23. The summed E-state index contributed by atoms with van der Waals surface area (Å²) in [5.74, 6) is 1.41. The lowest BCUT2D eigenvalue weighted by molar-refractivity contribution is -0.124. The van der Waals surface area contributed by atoms with Gasteiger partial charge in [0.25, 0.3) is 5.91 Å². The van der Waals surface area contributed by atoms with E-state index in [9.17, 15) is 4.79 Å². The van der Waals surface area contributed by atoms with Crippen molar-refractivity contribution in [3.63, 3.8) is 0 Å². The Morgan fingerprint density at radius 3 is 2.55 bits per heavy atom. The number of hydrogen-bond donors (Lipinski definition) is 0. The van der Waals surface area contributed by atoms with Crippen molar-refractivity contribution in [3.05, 3.63) is 65.1 Å². The molecule has 162 valence electrons. The van der Waals surface area contributed by atoms with Gasteiger partial charge < -0.3 is 4.74 Å². The first-order chi connectivity index (χ1) is 15.2. The molecular weight excluding hydrogens is 404 g/mol. The van der Waals surface area contributed by atoms with Crippen LogP contribution in [0.3, 0.4) is 0 Å². The van der Waals surface area contributed by atoms with Crippen LogP contribution in [0.25, 0.3) is 6.08 Å². The van der Waals surface area contributed by atoms with Crippen LogP contribution in [0.2, 0.25) is 0 Å². The molecule has 2 fully saturated rings. The van der Waals surface area contributed by atoms with Crippen LogP contribution < -0.4 is 4.74 Å². The van der Waals surface area contributed by atoms with Crippen molar-refractivity contribution in [1.82, 2.24) is 4.90 Å². The molecule has 31 heavy (non-hydrogen) atoms. The maximum atomic E-state index is 13.5. The molecule has 2 aliphatic rings. The summed E-state index contributed by atoms with van der Waals surface area (Å²) in [6, 6.07) is 18.1. The van der Waals surface area contributed by atoms with E-state index in [1.54, 1.807) is 0 Å². The Morgan fingerprint density at radius 2 is 1.84 bits per heavy atom. The molecule has 0 aromatic heterocycles. The number of nitrogens with zero attached hydrogens (tertiary/aromatic N) is 2. The molecule has 1 saturated heterocycles. The fourth-order valence-electron chi connectivity index (χ4n) is 4.18. The van der Waals surface area contributed by atoms with E-state index in [4.69, 9.17) is 9.73 Å². The summed E-state index contributed by atoms with van der Waals surface area (Å²) in [6.07, 6.45) is 7.57. The predicted octanol–water partition coefficient (Wildman–Crippen LogP) is 6.66. The topological polar surface area (TPSA) is 41.9 Å². The molecule has 2 atom stereocenters. The van der Waals surface area contributed by atoms with Crippen molar-refractivity contribution in [2.75, 3.05) is 6.61 Å². The van der Waals surface area contributed by atoms with Gasteiger partial charge in [0.15, 0.2) is 5.17 Å². The number of aliphatic imine (C=N–C) groups is 1. The van der Waals surface area contributed by atoms with Gasteiger partial charge in [0.2, 0.25) is 0 Å². The number of amides is 1. The van der Waals surface area contributed by atoms with Crippen LogP contribution in [0.15, 0.2) is 64.5 Å². The third kappa shape index (κ3) is 5.21. The summed E-state index contributed by atoms with van der Waals surface area (Å²) in [7, 11) is 0. The number of amidine groups is 1. The van der Waals surface area contributed by atoms with Gasteiger partial charge in [-0.3, -0.25) is 9.69 Å². The van der Waals surface area contributed by atoms with Gasteiger partial charge in [-0.2, -0.15) is 0 Å². The normalized spacial score (nSPS) is 24.2. The average Bonchev–Trinajstić information content (AvgIpc) is 3.09. The van der Waals surface area contributed by atoms with E-state index in [1.165, 1.54) is 24.6 Å². The van der Waals surface area contributed by atoms with Gasteiger partial charge in [0.05, 0.1) is 17.2 Å². The minimum atomic E-state index is 0.0738. The molecule has 1 aliphatic heterocycles. The Morgan fingerprint density at radius 1 is 1.10 bits per heavy atom. The van der Waals surface area contributed by atoms with Crippen LogP contribution in [-0.2, 0) is 4.79 Å². The zero-order valence-electron chi connectivity index (χ0n) is 18.3. The number of benzene rings is 2. The number of ether oxygens (including phenoxy) is 1. The molecule has 5 heteroatoms. The van der Waals surface area contributed by atoms with Crippen molar-refractivity contribution < 1.29 is 9.53 Å². The van der Waals surface area contributed by atoms with Gasteiger partial charge in [-0.15, -0.1) is 0 Å². The zero-order valence-corrected chi connectivity index (χ0v) is 19.1. The minimum Gasteiger partial charge on any atom is -0.494 e. The number of rotatable bonds is 6. The minimum absolute atomic E-state index is 0.0738. The molecule has 0 bridgehead atoms. The summed E-state index contributed by atoms with van der Waals surface area (Å²) >= 11 is 1.49. The lowest BCUT2D eigenvalue weighted by Crippen LogP contribution is -2.44. The Labute approximate surface area is 189 Å². The number of para-hydroxylation sites is 1. The van der Waals surface area contributed by atoms with Crippen LogP contribution >= 0.6 is 11.8 Å². The molecule has 1 aliphatic carbocycles. The van der Waals surface area contributed by atoms with Crippen molar-refractivity contribution in [3.8, 4) is 5.75 Å². The summed E-state index contributed by atoms with van der Waals surface area (Å²) in [5, 5.41) is 0.795. The van der Waals surface area contributed by atoms with Gasteiger partial charge in [-0.05, 0) is 72.8 Å². The largest absolute Gasteiger partial charge is 0.494 e. The zero-order chi connectivity index (χ0) is 21.6. The molecule has 4 rings (SSSR count). The molecule has 0 radical (unpaired) electrons. The highest BCUT2D eigenvalue weighted by atomic mass is 32.2. The van der Waals surface area contributed by atoms with E-state index < -0.39 is 0 Å². The maximum Gasteiger partial charge on any atom is 0.267 e. The van der Waals surface area contributed by atoms with E-state index in [2.05, 4.69) is 13.8 Å². The second kappa shape index (κ2) is 10.2. The van der Waals surface area contributed by atoms with Crippen LogP contribution in [0.4, 0.5) is 5.69 Å². The van der Waals surface area contributed by atoms with Crippen LogP contribution in [0.1, 0.15) is 51.5 Å². The molecule has 1 amide bonds. The number of hydrogen-bond acceptors (Lipinski definition) is 4. The number of carbonyl (C=O) groups is 1. The number of carbonyl (C=O) groups excluding carboxylic acids is 1. The second-order valence-electron chi connectivity index (χ2n) is 8.26. The molecule has 0 unspecified atom stereocenters. The highest BCUT2D eigenvalue weighted by Crippen LogP contribution is 2.40. The lowest BCUT2D eigenvalue weighted by atomic mass is 9.85. The van der Waals surface area contributed by atoms with E-state index in [1.807, 2.05) is 65.6 Å².